The Labute approximate surface area is 140 Å². The van der Waals surface area contributed by atoms with Gasteiger partial charge in [0.1, 0.15) is 29.9 Å². The van der Waals surface area contributed by atoms with Gasteiger partial charge >= 0.3 is 5.95 Å². The molecule has 0 amide bonds. The van der Waals surface area contributed by atoms with Crippen LogP contribution in [0.15, 0.2) is 61.2 Å². The van der Waals surface area contributed by atoms with Gasteiger partial charge in [0, 0.05) is 0 Å². The van der Waals surface area contributed by atoms with Gasteiger partial charge in [-0.3, -0.25) is 5.73 Å². The molecular weight excluding hydrogens is 310 g/mol. The second kappa shape index (κ2) is 6.75. The van der Waals surface area contributed by atoms with Crippen LogP contribution in [-0.2, 0) is 13.1 Å². The number of rotatable bonds is 6. The number of allylic oxidation sites excluding steroid dienone is 1. The lowest BCUT2D eigenvalue weighted by Crippen LogP contribution is -2.39. The molecule has 23 heavy (non-hydrogen) atoms. The molecule has 0 saturated heterocycles. The lowest BCUT2D eigenvalue weighted by Gasteiger charge is -2.07. The summed E-state index contributed by atoms with van der Waals surface area (Å²) in [5, 5.41) is 0.611. The maximum atomic E-state index is 6.31. The number of anilines is 1. The van der Waals surface area contributed by atoms with E-state index in [9.17, 15) is 0 Å². The molecular formula is C18H19ClN3O+. The highest BCUT2D eigenvalue weighted by atomic mass is 35.5. The van der Waals surface area contributed by atoms with Gasteiger partial charge in [-0.05, 0) is 24.3 Å². The summed E-state index contributed by atoms with van der Waals surface area (Å²) in [6, 6.07) is 15.6. The van der Waals surface area contributed by atoms with Crippen molar-refractivity contribution in [2.24, 2.45) is 0 Å². The van der Waals surface area contributed by atoms with E-state index in [4.69, 9.17) is 22.1 Å². The highest BCUT2D eigenvalue weighted by Crippen LogP contribution is 2.23. The minimum atomic E-state index is 0.487. The van der Waals surface area contributed by atoms with E-state index in [1.165, 1.54) is 0 Å². The van der Waals surface area contributed by atoms with Gasteiger partial charge in [0.05, 0.1) is 11.6 Å². The first-order chi connectivity index (χ1) is 11.2. The number of nitrogens with zero attached hydrogens (tertiary/aromatic N) is 2. The lowest BCUT2D eigenvalue weighted by atomic mass is 10.3. The molecule has 0 aliphatic heterocycles. The minimum absolute atomic E-state index is 0.487. The normalized spacial score (nSPS) is 10.8. The zero-order chi connectivity index (χ0) is 16.2. The zero-order valence-electron chi connectivity index (χ0n) is 12.8. The summed E-state index contributed by atoms with van der Waals surface area (Å²) in [7, 11) is 0. The van der Waals surface area contributed by atoms with Crippen molar-refractivity contribution in [1.29, 1.82) is 0 Å². The third-order valence-corrected chi connectivity index (χ3v) is 4.05. The first kappa shape index (κ1) is 15.4. The second-order valence-electron chi connectivity index (χ2n) is 5.18. The largest absolute Gasteiger partial charge is 0.489 e. The van der Waals surface area contributed by atoms with Crippen molar-refractivity contribution < 1.29 is 9.30 Å². The predicted molar refractivity (Wildman–Crippen MR) is 93.7 cm³/mol. The molecule has 0 bridgehead atoms. The van der Waals surface area contributed by atoms with Crippen molar-refractivity contribution in [3.8, 4) is 5.75 Å². The van der Waals surface area contributed by atoms with E-state index in [0.29, 0.717) is 36.4 Å². The smallest absolute Gasteiger partial charge is 0.356 e. The predicted octanol–water partition coefficient (Wildman–Crippen LogP) is 3.43. The van der Waals surface area contributed by atoms with Crippen LogP contribution in [0.3, 0.4) is 0 Å². The second-order valence-corrected chi connectivity index (χ2v) is 5.58. The minimum Gasteiger partial charge on any atom is -0.489 e. The van der Waals surface area contributed by atoms with E-state index >= 15 is 0 Å². The Balaban J connectivity index is 1.84. The molecule has 5 heteroatoms. The summed E-state index contributed by atoms with van der Waals surface area (Å²) >= 11 is 6.11. The first-order valence-corrected chi connectivity index (χ1v) is 7.85. The van der Waals surface area contributed by atoms with Crippen LogP contribution in [0.25, 0.3) is 11.0 Å². The molecule has 0 unspecified atom stereocenters. The van der Waals surface area contributed by atoms with Gasteiger partial charge in [0.2, 0.25) is 0 Å². The summed E-state index contributed by atoms with van der Waals surface area (Å²) in [5.74, 6) is 1.37. The monoisotopic (exact) mass is 328 g/mol. The van der Waals surface area contributed by atoms with E-state index < -0.39 is 0 Å². The van der Waals surface area contributed by atoms with Gasteiger partial charge < -0.3 is 4.74 Å². The standard InChI is InChI=1S/C18H18ClN3O/c1-2-11-21-15-8-4-5-9-16(15)22(18(21)20)12-13-23-17-10-6-3-7-14(17)19/h2-10,20H,1,11-13H2/p+1. The molecule has 3 rings (SSSR count). The van der Waals surface area contributed by atoms with Gasteiger partial charge in [-0.15, -0.1) is 0 Å². The highest BCUT2D eigenvalue weighted by molar-refractivity contribution is 6.32. The van der Waals surface area contributed by atoms with Gasteiger partial charge in [-0.1, -0.05) is 48.5 Å². The SMILES string of the molecule is C=CCn1c(N)[n+](CCOc2ccccc2Cl)c2ccccc21. The molecule has 2 aromatic carbocycles. The van der Waals surface area contributed by atoms with E-state index in [0.717, 1.165) is 11.0 Å². The average molecular weight is 329 g/mol. The van der Waals surface area contributed by atoms with Crippen LogP contribution in [0.5, 0.6) is 5.75 Å². The fraction of sp³-hybridized carbons (Fsp3) is 0.167. The van der Waals surface area contributed by atoms with Crippen LogP contribution in [-0.4, -0.2) is 11.2 Å². The number of hydrogen-bond donors (Lipinski definition) is 1. The summed E-state index contributed by atoms with van der Waals surface area (Å²) in [4.78, 5) is 0. The average Bonchev–Trinajstić information content (AvgIpc) is 2.83. The fourth-order valence-corrected chi connectivity index (χ4v) is 2.87. The van der Waals surface area contributed by atoms with Crippen molar-refractivity contribution in [2.45, 2.75) is 13.1 Å². The van der Waals surface area contributed by atoms with Crippen LogP contribution in [0, 0.1) is 0 Å². The fourth-order valence-electron chi connectivity index (χ4n) is 2.68. The molecule has 3 aromatic rings. The molecule has 1 aromatic heterocycles. The number of fused-ring (bicyclic) bond motifs is 1. The molecule has 118 valence electrons. The Morgan fingerprint density at radius 2 is 1.91 bits per heavy atom. The van der Waals surface area contributed by atoms with E-state index in [1.54, 1.807) is 0 Å². The molecule has 0 fully saturated rings. The van der Waals surface area contributed by atoms with Gasteiger partial charge in [0.15, 0.2) is 0 Å². The van der Waals surface area contributed by atoms with E-state index in [-0.39, 0.29) is 0 Å². The number of halogens is 1. The summed E-state index contributed by atoms with van der Waals surface area (Å²) in [6.45, 7) is 5.60. The molecule has 0 aliphatic carbocycles. The van der Waals surface area contributed by atoms with Crippen molar-refractivity contribution >= 4 is 28.6 Å². The topological polar surface area (TPSA) is 44.1 Å². The number of nitrogens with two attached hydrogens (primary N) is 1. The maximum absolute atomic E-state index is 6.31. The van der Waals surface area contributed by atoms with Crippen molar-refractivity contribution in [3.05, 3.63) is 66.2 Å². The van der Waals surface area contributed by atoms with Gasteiger partial charge in [0.25, 0.3) is 0 Å². The van der Waals surface area contributed by atoms with Crippen molar-refractivity contribution in [1.82, 2.24) is 4.57 Å². The molecule has 2 N–H and O–H groups in total. The Morgan fingerprint density at radius 3 is 2.70 bits per heavy atom. The molecule has 1 heterocycles. The summed E-state index contributed by atoms with van der Waals surface area (Å²) < 4.78 is 9.87. The number of para-hydroxylation sites is 3. The Hall–Kier alpha value is -2.46. The number of ether oxygens (including phenoxy) is 1. The molecule has 4 nitrogen and oxygen atoms in total. The quantitative estimate of drug-likeness (QED) is 0.556. The Morgan fingerprint density at radius 1 is 1.17 bits per heavy atom. The van der Waals surface area contributed by atoms with Gasteiger partial charge in [-0.2, -0.15) is 0 Å². The molecule has 0 saturated carbocycles. The number of nitrogen functional groups attached to an aromatic ring is 1. The molecule has 0 atom stereocenters. The number of aromatic nitrogens is 2. The zero-order valence-corrected chi connectivity index (χ0v) is 13.5. The Kier molecular flexibility index (Phi) is 4.53. The maximum Gasteiger partial charge on any atom is 0.356 e. The van der Waals surface area contributed by atoms with Crippen LogP contribution in [0.2, 0.25) is 5.02 Å². The number of imidazole rings is 1. The first-order valence-electron chi connectivity index (χ1n) is 7.47. The van der Waals surface area contributed by atoms with Gasteiger partial charge in [-0.25, -0.2) is 9.13 Å². The lowest BCUT2D eigenvalue weighted by molar-refractivity contribution is -0.658. The van der Waals surface area contributed by atoms with Crippen LogP contribution in [0.1, 0.15) is 0 Å². The number of benzene rings is 2. The molecule has 0 radical (unpaired) electrons. The molecule has 0 aliphatic rings. The number of hydrogen-bond acceptors (Lipinski definition) is 2. The third kappa shape index (κ3) is 3.03. The Bertz CT molecular complexity index is 841. The van der Waals surface area contributed by atoms with E-state index in [2.05, 4.69) is 23.3 Å². The summed E-state index contributed by atoms with van der Waals surface area (Å²) in [5.41, 5.74) is 8.47. The van der Waals surface area contributed by atoms with Crippen LogP contribution in [0.4, 0.5) is 5.95 Å². The third-order valence-electron chi connectivity index (χ3n) is 3.74. The highest BCUT2D eigenvalue weighted by Gasteiger charge is 2.19. The van der Waals surface area contributed by atoms with Crippen LogP contribution >= 0.6 is 11.6 Å². The summed E-state index contributed by atoms with van der Waals surface area (Å²) in [6.07, 6.45) is 1.84. The van der Waals surface area contributed by atoms with E-state index in [1.807, 2.05) is 47.0 Å². The van der Waals surface area contributed by atoms with Crippen LogP contribution < -0.4 is 15.0 Å². The van der Waals surface area contributed by atoms with Crippen molar-refractivity contribution in [2.75, 3.05) is 12.3 Å². The van der Waals surface area contributed by atoms with Crippen molar-refractivity contribution in [3.63, 3.8) is 0 Å². The molecule has 0 spiro atoms.